The summed E-state index contributed by atoms with van der Waals surface area (Å²) in [6, 6.07) is 5.25. The zero-order valence-corrected chi connectivity index (χ0v) is 20.1. The minimum absolute atomic E-state index is 0.0908. The third-order valence-electron chi connectivity index (χ3n) is 5.68. The monoisotopic (exact) mass is 473 g/mol. The third kappa shape index (κ3) is 7.81. The lowest BCUT2D eigenvalue weighted by Gasteiger charge is -2.26. The Balaban J connectivity index is 1.51. The number of methoxy groups -OCH3 is 1. The average Bonchev–Trinajstić information content (AvgIpc) is 2.86. The van der Waals surface area contributed by atoms with Gasteiger partial charge in [-0.25, -0.2) is 0 Å². The van der Waals surface area contributed by atoms with Crippen LogP contribution in [0.1, 0.15) is 38.3 Å². The van der Waals surface area contributed by atoms with Gasteiger partial charge in [0.15, 0.2) is 17.3 Å². The van der Waals surface area contributed by atoms with Crippen LogP contribution in [-0.2, 0) is 16.0 Å². The molecule has 1 aliphatic rings. The summed E-state index contributed by atoms with van der Waals surface area (Å²) in [6.07, 6.45) is 4.17. The largest absolute Gasteiger partial charge is 0.493 e. The number of ether oxygens (including phenoxy) is 3. The van der Waals surface area contributed by atoms with Crippen LogP contribution in [0.15, 0.2) is 23.0 Å². The Morgan fingerprint density at radius 2 is 1.97 bits per heavy atom. The van der Waals surface area contributed by atoms with E-state index >= 15 is 0 Å². The first-order chi connectivity index (χ1) is 16.6. The van der Waals surface area contributed by atoms with Crippen molar-refractivity contribution in [3.63, 3.8) is 0 Å². The van der Waals surface area contributed by atoms with E-state index in [0.717, 1.165) is 19.6 Å². The van der Waals surface area contributed by atoms with Crippen molar-refractivity contribution in [1.29, 1.82) is 0 Å². The molecule has 2 N–H and O–H groups in total. The highest BCUT2D eigenvalue weighted by Gasteiger charge is 2.13. The first-order valence-electron chi connectivity index (χ1n) is 11.9. The highest BCUT2D eigenvalue weighted by atomic mass is 16.5. The van der Waals surface area contributed by atoms with E-state index in [-0.39, 0.29) is 30.0 Å². The normalized spacial score (nSPS) is 14.1. The van der Waals surface area contributed by atoms with Gasteiger partial charge < -0.3 is 29.4 Å². The molecule has 1 aromatic heterocycles. The molecule has 2 heterocycles. The van der Waals surface area contributed by atoms with Crippen LogP contribution in [-0.4, -0.2) is 79.1 Å². The topological polar surface area (TPSA) is 119 Å². The van der Waals surface area contributed by atoms with E-state index in [1.807, 2.05) is 6.92 Å². The maximum absolute atomic E-state index is 12.5. The van der Waals surface area contributed by atoms with Crippen molar-refractivity contribution in [3.05, 3.63) is 34.2 Å². The molecule has 0 spiro atoms. The fourth-order valence-electron chi connectivity index (χ4n) is 3.80. The Kier molecular flexibility index (Phi) is 10.3. The van der Waals surface area contributed by atoms with E-state index in [2.05, 4.69) is 25.4 Å². The van der Waals surface area contributed by atoms with E-state index in [4.69, 9.17) is 14.2 Å². The van der Waals surface area contributed by atoms with Gasteiger partial charge in [0, 0.05) is 38.1 Å². The SMILES string of the molecule is CCOCCOc1ccc(-c2nnc(CCC(=O)NCCN3CCCCC3)c(=O)[nH]2)cc1OC. The summed E-state index contributed by atoms with van der Waals surface area (Å²) in [5.74, 6) is 1.32. The summed E-state index contributed by atoms with van der Waals surface area (Å²) < 4.78 is 16.4. The number of amides is 1. The molecular formula is C24H35N5O5. The number of hydrogen-bond donors (Lipinski definition) is 2. The van der Waals surface area contributed by atoms with Gasteiger partial charge in [0.05, 0.1) is 13.7 Å². The van der Waals surface area contributed by atoms with Gasteiger partial charge in [-0.1, -0.05) is 6.42 Å². The molecule has 1 aromatic carbocycles. The molecule has 10 nitrogen and oxygen atoms in total. The van der Waals surface area contributed by atoms with Gasteiger partial charge in [0.1, 0.15) is 12.3 Å². The number of aromatic nitrogens is 3. The van der Waals surface area contributed by atoms with E-state index in [9.17, 15) is 9.59 Å². The van der Waals surface area contributed by atoms with Gasteiger partial charge in [0.2, 0.25) is 5.91 Å². The van der Waals surface area contributed by atoms with Crippen LogP contribution in [0.4, 0.5) is 0 Å². The van der Waals surface area contributed by atoms with Crippen molar-refractivity contribution in [1.82, 2.24) is 25.4 Å². The Bertz CT molecular complexity index is 974. The Hall–Kier alpha value is -2.98. The van der Waals surface area contributed by atoms with Gasteiger partial charge in [-0.2, -0.15) is 0 Å². The lowest BCUT2D eigenvalue weighted by Crippen LogP contribution is -2.37. The van der Waals surface area contributed by atoms with E-state index in [0.29, 0.717) is 49.3 Å². The average molecular weight is 474 g/mol. The molecule has 0 atom stereocenters. The fraction of sp³-hybridized carbons (Fsp3) is 0.583. The summed E-state index contributed by atoms with van der Waals surface area (Å²) in [5.41, 5.74) is 0.514. The van der Waals surface area contributed by atoms with Crippen LogP contribution in [0.25, 0.3) is 11.4 Å². The number of H-pyrrole nitrogens is 1. The number of carbonyl (C=O) groups excluding carboxylic acids is 1. The third-order valence-corrected chi connectivity index (χ3v) is 5.68. The van der Waals surface area contributed by atoms with Crippen LogP contribution >= 0.6 is 0 Å². The molecule has 1 aliphatic heterocycles. The smallest absolute Gasteiger partial charge is 0.273 e. The second-order valence-electron chi connectivity index (χ2n) is 8.11. The number of piperidine rings is 1. The van der Waals surface area contributed by atoms with E-state index in [1.165, 1.54) is 19.3 Å². The second-order valence-corrected chi connectivity index (χ2v) is 8.11. The van der Waals surface area contributed by atoms with Crippen LogP contribution in [0.2, 0.25) is 0 Å². The molecule has 0 saturated carbocycles. The molecule has 1 saturated heterocycles. The Labute approximate surface area is 200 Å². The van der Waals surface area contributed by atoms with Crippen LogP contribution < -0.4 is 20.3 Å². The Morgan fingerprint density at radius 1 is 1.15 bits per heavy atom. The number of nitrogens with zero attached hydrogens (tertiary/aromatic N) is 3. The molecule has 1 fully saturated rings. The first kappa shape index (κ1) is 25.6. The number of rotatable bonds is 13. The van der Waals surface area contributed by atoms with Crippen molar-refractivity contribution in [2.75, 3.05) is 53.1 Å². The van der Waals surface area contributed by atoms with Crippen molar-refractivity contribution in [2.24, 2.45) is 0 Å². The molecule has 186 valence electrons. The van der Waals surface area contributed by atoms with Gasteiger partial charge in [-0.15, -0.1) is 10.2 Å². The summed E-state index contributed by atoms with van der Waals surface area (Å²) in [6.45, 7) is 7.12. The number of nitrogens with one attached hydrogen (secondary N) is 2. The molecule has 2 aromatic rings. The molecule has 10 heteroatoms. The Morgan fingerprint density at radius 3 is 2.71 bits per heavy atom. The van der Waals surface area contributed by atoms with Crippen LogP contribution in [0.5, 0.6) is 11.5 Å². The van der Waals surface area contributed by atoms with Crippen molar-refractivity contribution in [2.45, 2.75) is 39.0 Å². The quantitative estimate of drug-likeness (QED) is 0.423. The fourth-order valence-corrected chi connectivity index (χ4v) is 3.80. The minimum atomic E-state index is -0.359. The summed E-state index contributed by atoms with van der Waals surface area (Å²) in [4.78, 5) is 29.8. The molecule has 0 radical (unpaired) electrons. The first-order valence-corrected chi connectivity index (χ1v) is 11.9. The van der Waals surface area contributed by atoms with Crippen LogP contribution in [0.3, 0.4) is 0 Å². The zero-order valence-electron chi connectivity index (χ0n) is 20.1. The molecule has 3 rings (SSSR count). The number of hydrogen-bond acceptors (Lipinski definition) is 8. The van der Waals surface area contributed by atoms with Gasteiger partial charge in [-0.05, 0) is 51.1 Å². The highest BCUT2D eigenvalue weighted by molar-refractivity contribution is 5.76. The number of likely N-dealkylation sites (tertiary alicyclic amines) is 1. The highest BCUT2D eigenvalue weighted by Crippen LogP contribution is 2.31. The van der Waals surface area contributed by atoms with Gasteiger partial charge in [-0.3, -0.25) is 9.59 Å². The summed E-state index contributed by atoms with van der Waals surface area (Å²) in [7, 11) is 1.55. The maximum Gasteiger partial charge on any atom is 0.273 e. The number of benzene rings is 1. The molecular weight excluding hydrogens is 438 g/mol. The van der Waals surface area contributed by atoms with Crippen molar-refractivity contribution < 1.29 is 19.0 Å². The summed E-state index contributed by atoms with van der Waals surface area (Å²) in [5, 5.41) is 11.1. The lowest BCUT2D eigenvalue weighted by molar-refractivity contribution is -0.121. The predicted molar refractivity (Wildman–Crippen MR) is 128 cm³/mol. The predicted octanol–water partition coefficient (Wildman–Crippen LogP) is 1.79. The van der Waals surface area contributed by atoms with E-state index < -0.39 is 0 Å². The van der Waals surface area contributed by atoms with Crippen molar-refractivity contribution >= 4 is 5.91 Å². The van der Waals surface area contributed by atoms with Crippen molar-refractivity contribution in [3.8, 4) is 22.9 Å². The molecule has 0 aliphatic carbocycles. The number of carbonyl (C=O) groups is 1. The van der Waals surface area contributed by atoms with Gasteiger partial charge >= 0.3 is 0 Å². The molecule has 0 unspecified atom stereocenters. The number of aromatic amines is 1. The van der Waals surface area contributed by atoms with Gasteiger partial charge in [0.25, 0.3) is 5.56 Å². The minimum Gasteiger partial charge on any atom is -0.493 e. The maximum atomic E-state index is 12.5. The van der Waals surface area contributed by atoms with Crippen LogP contribution in [0, 0.1) is 0 Å². The molecule has 34 heavy (non-hydrogen) atoms. The second kappa shape index (κ2) is 13.7. The molecule has 1 amide bonds. The van der Waals surface area contributed by atoms with E-state index in [1.54, 1.807) is 25.3 Å². The zero-order chi connectivity index (χ0) is 24.2. The summed E-state index contributed by atoms with van der Waals surface area (Å²) >= 11 is 0. The lowest BCUT2D eigenvalue weighted by atomic mass is 10.1. The standard InChI is InChI=1S/C24H35N5O5/c1-3-33-15-16-34-20-9-7-18(17-21(20)32-2)23-26-24(31)19(27-28-23)8-10-22(30)25-11-14-29-12-5-4-6-13-29/h7,9,17H,3-6,8,10-16H2,1-2H3,(H,25,30)(H,26,28,31). The number of aryl methyl sites for hydroxylation is 1. The molecule has 0 bridgehead atoms.